The molecule has 1 aliphatic rings. The van der Waals surface area contributed by atoms with Crippen LogP contribution in [0.1, 0.15) is 31.9 Å². The molecule has 2 rings (SSSR count). The van der Waals surface area contributed by atoms with Crippen molar-refractivity contribution in [3.05, 3.63) is 35.7 Å². The van der Waals surface area contributed by atoms with Gasteiger partial charge in [0.1, 0.15) is 17.4 Å². The SMILES string of the molecule is CC(C)(C)OC(=O)[N+]1(C)C=CN(c2cc(C(F)(F)F)cc(C(F)(F)F)c2O)C1=O. The number of hydrogen-bond acceptors (Lipinski definition) is 4. The topological polar surface area (TPSA) is 66.8 Å². The second-order valence-electron chi connectivity index (χ2n) is 7.39. The standard InChI is InChI=1S/C17H16F6N2O4/c1-15(2,3)29-14(28)25(4)6-5-24(13(25)27)11-8-9(16(18,19)20)7-10(12(11)26)17(21,22)23/h5-8H,1-4H3/p+1. The van der Waals surface area contributed by atoms with E-state index in [-0.39, 0.29) is 12.1 Å². The Kier molecular flexibility index (Phi) is 5.16. The maximum Gasteiger partial charge on any atom is 0.530 e. The zero-order chi connectivity index (χ0) is 22.6. The molecule has 0 saturated carbocycles. The van der Waals surface area contributed by atoms with Crippen LogP contribution >= 0.6 is 0 Å². The highest BCUT2D eigenvalue weighted by Gasteiger charge is 2.51. The minimum Gasteiger partial charge on any atom is -0.505 e. The van der Waals surface area contributed by atoms with Crippen molar-refractivity contribution in [3.8, 4) is 5.75 Å². The van der Waals surface area contributed by atoms with Crippen LogP contribution in [0.15, 0.2) is 24.5 Å². The molecule has 0 aromatic heterocycles. The maximum absolute atomic E-state index is 13.1. The fourth-order valence-corrected chi connectivity index (χ4v) is 2.41. The highest BCUT2D eigenvalue weighted by Crippen LogP contribution is 2.46. The van der Waals surface area contributed by atoms with Gasteiger partial charge in [0, 0.05) is 0 Å². The van der Waals surface area contributed by atoms with Crippen molar-refractivity contribution in [2.24, 2.45) is 0 Å². The number of benzene rings is 1. The number of imide groups is 1. The van der Waals surface area contributed by atoms with E-state index < -0.39 is 57.1 Å². The summed E-state index contributed by atoms with van der Waals surface area (Å²) in [6.45, 7) is 4.52. The number of phenolic OH excluding ortho intramolecular Hbond substituents is 1. The summed E-state index contributed by atoms with van der Waals surface area (Å²) >= 11 is 0. The summed E-state index contributed by atoms with van der Waals surface area (Å²) in [5.41, 5.74) is -5.78. The van der Waals surface area contributed by atoms with Gasteiger partial charge in [-0.25, -0.2) is 9.69 Å². The average Bonchev–Trinajstić information content (AvgIpc) is 2.81. The Labute approximate surface area is 161 Å². The number of alkyl halides is 6. The van der Waals surface area contributed by atoms with Gasteiger partial charge in [-0.2, -0.15) is 31.1 Å². The van der Waals surface area contributed by atoms with Gasteiger partial charge in [0.25, 0.3) is 0 Å². The first kappa shape index (κ1) is 22.5. The number of phenols is 1. The van der Waals surface area contributed by atoms with E-state index in [0.29, 0.717) is 4.90 Å². The van der Waals surface area contributed by atoms with Crippen LogP contribution in [0.3, 0.4) is 0 Å². The molecule has 0 radical (unpaired) electrons. The quantitative estimate of drug-likeness (QED) is 0.493. The van der Waals surface area contributed by atoms with E-state index in [0.717, 1.165) is 19.4 Å². The number of carbonyl (C=O) groups excluding carboxylic acids is 2. The third-order valence-corrected chi connectivity index (χ3v) is 3.87. The predicted octanol–water partition coefficient (Wildman–Crippen LogP) is 5.22. The molecular formula is C17H17F6N2O4+. The average molecular weight is 427 g/mol. The molecule has 1 aromatic carbocycles. The Balaban J connectivity index is 2.57. The first-order valence-corrected chi connectivity index (χ1v) is 8.02. The van der Waals surface area contributed by atoms with E-state index in [1.54, 1.807) is 0 Å². The van der Waals surface area contributed by atoms with E-state index in [1.807, 2.05) is 0 Å². The van der Waals surface area contributed by atoms with Crippen LogP contribution in [0.5, 0.6) is 5.75 Å². The predicted molar refractivity (Wildman–Crippen MR) is 87.5 cm³/mol. The first-order valence-electron chi connectivity index (χ1n) is 8.02. The van der Waals surface area contributed by atoms with E-state index in [2.05, 4.69) is 0 Å². The summed E-state index contributed by atoms with van der Waals surface area (Å²) in [5, 5.41) is 9.95. The Bertz CT molecular complexity index is 886. The number of aromatic hydroxyl groups is 1. The molecule has 1 aromatic rings. The molecule has 3 amide bonds. The lowest BCUT2D eigenvalue weighted by molar-refractivity contribution is -0.694. The van der Waals surface area contributed by atoms with Crippen molar-refractivity contribution >= 4 is 17.8 Å². The van der Waals surface area contributed by atoms with Gasteiger partial charge in [-0.1, -0.05) is 0 Å². The van der Waals surface area contributed by atoms with Crippen molar-refractivity contribution < 1.29 is 50.3 Å². The third kappa shape index (κ3) is 4.31. The monoisotopic (exact) mass is 427 g/mol. The van der Waals surface area contributed by atoms with Crippen molar-refractivity contribution in [2.45, 2.75) is 38.7 Å². The number of ether oxygens (including phenoxy) is 1. The molecule has 1 unspecified atom stereocenters. The number of carbonyl (C=O) groups is 2. The van der Waals surface area contributed by atoms with Crippen LogP contribution in [0.25, 0.3) is 0 Å². The number of quaternary nitrogens is 1. The van der Waals surface area contributed by atoms with Gasteiger partial charge in [0.2, 0.25) is 0 Å². The smallest absolute Gasteiger partial charge is 0.505 e. The number of nitrogens with zero attached hydrogens (tertiary/aromatic N) is 2. The van der Waals surface area contributed by atoms with Gasteiger partial charge in [-0.15, -0.1) is 4.48 Å². The lowest BCUT2D eigenvalue weighted by atomic mass is 10.1. The Morgan fingerprint density at radius 1 is 1.07 bits per heavy atom. The highest BCUT2D eigenvalue weighted by atomic mass is 19.4. The number of rotatable bonds is 1. The lowest BCUT2D eigenvalue weighted by Crippen LogP contribution is -2.52. The van der Waals surface area contributed by atoms with Gasteiger partial charge < -0.3 is 9.84 Å². The van der Waals surface area contributed by atoms with Crippen molar-refractivity contribution in [1.29, 1.82) is 0 Å². The molecule has 29 heavy (non-hydrogen) atoms. The number of amides is 3. The number of hydrogen-bond donors (Lipinski definition) is 1. The van der Waals surface area contributed by atoms with Crippen LogP contribution in [0, 0.1) is 0 Å². The zero-order valence-corrected chi connectivity index (χ0v) is 15.6. The summed E-state index contributed by atoms with van der Waals surface area (Å²) in [6, 6.07) is -1.30. The minimum atomic E-state index is -5.32. The van der Waals surface area contributed by atoms with Crippen molar-refractivity contribution in [1.82, 2.24) is 0 Å². The highest BCUT2D eigenvalue weighted by molar-refractivity contribution is 5.98. The summed E-state index contributed by atoms with van der Waals surface area (Å²) in [7, 11) is 1.04. The van der Waals surface area contributed by atoms with Crippen molar-refractivity contribution in [3.63, 3.8) is 0 Å². The van der Waals surface area contributed by atoms with Crippen LogP contribution in [0.4, 0.5) is 41.6 Å². The Morgan fingerprint density at radius 2 is 1.62 bits per heavy atom. The normalized spacial score (nSPS) is 20.3. The van der Waals surface area contributed by atoms with Gasteiger partial charge in [-0.3, -0.25) is 0 Å². The van der Waals surface area contributed by atoms with Crippen molar-refractivity contribution in [2.75, 3.05) is 11.9 Å². The molecule has 1 N–H and O–H groups in total. The molecule has 1 heterocycles. The third-order valence-electron chi connectivity index (χ3n) is 3.87. The van der Waals surface area contributed by atoms with Crippen LogP contribution < -0.4 is 4.90 Å². The molecule has 1 aliphatic heterocycles. The summed E-state index contributed by atoms with van der Waals surface area (Å²) in [5.74, 6) is -1.58. The van der Waals surface area contributed by atoms with Crippen LogP contribution in [-0.4, -0.2) is 34.4 Å². The second kappa shape index (κ2) is 6.65. The largest absolute Gasteiger partial charge is 0.530 e. The molecule has 0 aliphatic carbocycles. The number of urea groups is 1. The molecule has 0 bridgehead atoms. The minimum absolute atomic E-state index is 0.192. The Morgan fingerprint density at radius 3 is 2.07 bits per heavy atom. The second-order valence-corrected chi connectivity index (χ2v) is 7.39. The Hall–Kier alpha value is -2.76. The molecule has 160 valence electrons. The summed E-state index contributed by atoms with van der Waals surface area (Å²) in [4.78, 5) is 25.4. The zero-order valence-electron chi connectivity index (χ0n) is 15.6. The fourth-order valence-electron chi connectivity index (χ4n) is 2.41. The van der Waals surface area contributed by atoms with Gasteiger partial charge >= 0.3 is 24.5 Å². The number of halogens is 6. The molecule has 0 saturated heterocycles. The van der Waals surface area contributed by atoms with Gasteiger partial charge in [-0.05, 0) is 32.9 Å². The molecule has 12 heteroatoms. The summed E-state index contributed by atoms with van der Waals surface area (Å²) in [6.07, 6.45) is -9.90. The lowest BCUT2D eigenvalue weighted by Gasteiger charge is -2.27. The maximum atomic E-state index is 13.1. The molecular weight excluding hydrogens is 410 g/mol. The molecule has 0 fully saturated rings. The van der Waals surface area contributed by atoms with Gasteiger partial charge in [0.05, 0.1) is 24.5 Å². The van der Waals surface area contributed by atoms with E-state index >= 15 is 0 Å². The van der Waals surface area contributed by atoms with Gasteiger partial charge in [0.15, 0.2) is 5.75 Å². The van der Waals surface area contributed by atoms with E-state index in [9.17, 15) is 41.0 Å². The molecule has 0 spiro atoms. The van der Waals surface area contributed by atoms with Crippen LogP contribution in [-0.2, 0) is 17.1 Å². The molecule has 6 nitrogen and oxygen atoms in total. The van der Waals surface area contributed by atoms with E-state index in [1.165, 1.54) is 20.8 Å². The van der Waals surface area contributed by atoms with E-state index in [4.69, 9.17) is 4.74 Å². The van der Waals surface area contributed by atoms with Crippen LogP contribution in [0.2, 0.25) is 0 Å². The fraction of sp³-hybridized carbons (Fsp3) is 0.412. The summed E-state index contributed by atoms with van der Waals surface area (Å²) < 4.78 is 82.4. The number of anilines is 1. The molecule has 1 atom stereocenters. The first-order chi connectivity index (χ1) is 12.9.